The Hall–Kier alpha value is -0.970. The fourth-order valence-corrected chi connectivity index (χ4v) is 7.47. The number of piperazine rings is 1. The summed E-state index contributed by atoms with van der Waals surface area (Å²) < 4.78 is 7.19. The van der Waals surface area contributed by atoms with Crippen LogP contribution in [-0.2, 0) is 11.3 Å². The normalized spacial score (nSPS) is 19.1. The predicted octanol–water partition coefficient (Wildman–Crippen LogP) is 4.27. The smallest absolute Gasteiger partial charge is 0.234 e. The molecule has 0 radical (unpaired) electrons. The average Bonchev–Trinajstić information content (AvgIpc) is 3.21. The van der Waals surface area contributed by atoms with E-state index in [1.807, 2.05) is 18.2 Å². The Morgan fingerprint density at radius 1 is 1.16 bits per heavy atom. The van der Waals surface area contributed by atoms with Crippen molar-refractivity contribution in [3.63, 3.8) is 0 Å². The highest BCUT2D eigenvalue weighted by atomic mass is 79.9. The monoisotopic (exact) mass is 591 g/mol. The van der Waals surface area contributed by atoms with Gasteiger partial charge in [-0.2, -0.15) is 0 Å². The number of nitrogens with one attached hydrogen (secondary N) is 1. The van der Waals surface area contributed by atoms with Gasteiger partial charge in [-0.15, -0.1) is 23.7 Å². The van der Waals surface area contributed by atoms with Crippen LogP contribution in [0.5, 0.6) is 5.75 Å². The molecule has 1 fully saturated rings. The van der Waals surface area contributed by atoms with Crippen LogP contribution in [0, 0.1) is 0 Å². The number of benzene rings is 1. The van der Waals surface area contributed by atoms with Crippen LogP contribution in [0.4, 0.5) is 0 Å². The molecule has 1 N–H and O–H groups in total. The maximum absolute atomic E-state index is 12.6. The summed E-state index contributed by atoms with van der Waals surface area (Å²) in [5, 5.41) is 3.06. The van der Waals surface area contributed by atoms with E-state index in [4.69, 9.17) is 4.74 Å². The van der Waals surface area contributed by atoms with Gasteiger partial charge < -0.3 is 10.1 Å². The van der Waals surface area contributed by atoms with Gasteiger partial charge in [0.15, 0.2) is 5.78 Å². The summed E-state index contributed by atoms with van der Waals surface area (Å²) >= 11 is 8.46. The number of ether oxygens (including phenoxy) is 1. The molecule has 0 spiro atoms. The van der Waals surface area contributed by atoms with Gasteiger partial charge in [0.2, 0.25) is 5.91 Å². The molecule has 1 aromatic carbocycles. The number of hydrogen-bond acceptors (Lipinski definition) is 6. The van der Waals surface area contributed by atoms with Crippen LogP contribution < -0.4 is 10.1 Å². The first-order valence-corrected chi connectivity index (χ1v) is 12.2. The van der Waals surface area contributed by atoms with Crippen LogP contribution in [0.2, 0.25) is 0 Å². The molecule has 2 heterocycles. The number of halogens is 3. The molecule has 1 atom stereocenters. The lowest BCUT2D eigenvalue weighted by atomic mass is 10.1. The van der Waals surface area contributed by atoms with E-state index in [0.29, 0.717) is 18.5 Å². The highest BCUT2D eigenvalue weighted by molar-refractivity contribution is 9.12. The van der Waals surface area contributed by atoms with Crippen molar-refractivity contribution in [1.82, 2.24) is 15.1 Å². The highest BCUT2D eigenvalue weighted by Crippen LogP contribution is 2.46. The Morgan fingerprint density at radius 3 is 2.55 bits per heavy atom. The minimum absolute atomic E-state index is 0. The van der Waals surface area contributed by atoms with Gasteiger partial charge in [-0.3, -0.25) is 19.4 Å². The number of Topliss-reactive ketones (excluding diaryl/α,β-unsaturated/α-hetero) is 1. The van der Waals surface area contributed by atoms with Crippen molar-refractivity contribution in [2.45, 2.75) is 19.0 Å². The van der Waals surface area contributed by atoms with Crippen molar-refractivity contribution >= 4 is 67.3 Å². The van der Waals surface area contributed by atoms with Gasteiger partial charge in [0.1, 0.15) is 5.75 Å². The summed E-state index contributed by atoms with van der Waals surface area (Å²) in [5.41, 5.74) is 2.80. The maximum atomic E-state index is 12.6. The van der Waals surface area contributed by atoms with Crippen LogP contribution in [-0.4, -0.2) is 61.3 Å². The minimum atomic E-state index is -0.247. The third-order valence-corrected chi connectivity index (χ3v) is 8.20. The fraction of sp³-hybridized carbons (Fsp3) is 0.429. The first-order valence-electron chi connectivity index (χ1n) is 9.83. The second kappa shape index (κ2) is 10.8. The molecule has 0 saturated carbocycles. The molecule has 1 aliphatic heterocycles. The number of ketones is 1. The van der Waals surface area contributed by atoms with Gasteiger partial charge in [-0.05, 0) is 37.9 Å². The van der Waals surface area contributed by atoms with Crippen molar-refractivity contribution in [3.05, 3.63) is 48.5 Å². The van der Waals surface area contributed by atoms with E-state index in [0.717, 1.165) is 51.6 Å². The van der Waals surface area contributed by atoms with Crippen LogP contribution in [0.25, 0.3) is 0 Å². The van der Waals surface area contributed by atoms with E-state index in [1.54, 1.807) is 7.11 Å². The first-order chi connectivity index (χ1) is 14.5. The average molecular weight is 594 g/mol. The molecule has 1 amide bonds. The zero-order valence-electron chi connectivity index (χ0n) is 17.0. The number of carbonyl (C=O) groups excluding carboxylic acids is 2. The van der Waals surface area contributed by atoms with Crippen molar-refractivity contribution < 1.29 is 14.3 Å². The molecule has 4 rings (SSSR count). The summed E-state index contributed by atoms with van der Waals surface area (Å²) in [6.45, 7) is 4.68. The van der Waals surface area contributed by atoms with Crippen LogP contribution in [0.3, 0.4) is 0 Å². The second-order valence-corrected chi connectivity index (χ2v) is 11.2. The summed E-state index contributed by atoms with van der Waals surface area (Å²) in [5.74, 6) is 0.957. The summed E-state index contributed by atoms with van der Waals surface area (Å²) in [4.78, 5) is 29.5. The Balaban J connectivity index is 0.00000272. The largest absolute Gasteiger partial charge is 0.496 e. The van der Waals surface area contributed by atoms with Gasteiger partial charge >= 0.3 is 0 Å². The molecule has 1 aromatic heterocycles. The van der Waals surface area contributed by atoms with E-state index in [9.17, 15) is 9.59 Å². The number of rotatable bonds is 6. The number of methoxy groups -OCH3 is 1. The molecule has 0 bridgehead atoms. The zero-order valence-corrected chi connectivity index (χ0v) is 21.8. The molecule has 1 aliphatic carbocycles. The number of carbonyl (C=O) groups is 2. The maximum Gasteiger partial charge on any atom is 0.234 e. The number of nitrogens with zero attached hydrogens (tertiary/aromatic N) is 2. The molecular weight excluding hydrogens is 570 g/mol. The standard InChI is InChI=1S/C21H23Br2N3O3S.ClH/c1-29-16-5-3-2-4-13(16)11-25-6-8-26(9-7-25)12-17(28)24-14-10-15(27)19-18(14)20(22)30-21(19)23;/h2-5,14H,6-12H2,1H3,(H,24,28);1H. The third kappa shape index (κ3) is 5.51. The Labute approximate surface area is 209 Å². The lowest BCUT2D eigenvalue weighted by Gasteiger charge is -2.34. The highest BCUT2D eigenvalue weighted by Gasteiger charge is 2.36. The van der Waals surface area contributed by atoms with Crippen molar-refractivity contribution in [3.8, 4) is 5.75 Å². The van der Waals surface area contributed by atoms with Crippen LogP contribution >= 0.6 is 55.6 Å². The molecule has 10 heteroatoms. The van der Waals surface area contributed by atoms with Gasteiger partial charge in [0.05, 0.1) is 27.3 Å². The van der Waals surface area contributed by atoms with Crippen LogP contribution in [0.15, 0.2) is 31.8 Å². The lowest BCUT2D eigenvalue weighted by molar-refractivity contribution is -0.123. The predicted molar refractivity (Wildman–Crippen MR) is 132 cm³/mol. The first kappa shape index (κ1) is 24.7. The van der Waals surface area contributed by atoms with E-state index >= 15 is 0 Å². The number of fused-ring (bicyclic) bond motifs is 1. The van der Waals surface area contributed by atoms with Gasteiger partial charge in [0.25, 0.3) is 0 Å². The van der Waals surface area contributed by atoms with Crippen molar-refractivity contribution in [1.29, 1.82) is 0 Å². The molecule has 6 nitrogen and oxygen atoms in total. The van der Waals surface area contributed by atoms with Gasteiger partial charge in [-0.1, -0.05) is 18.2 Å². The molecule has 1 saturated heterocycles. The molecule has 168 valence electrons. The second-order valence-electron chi connectivity index (χ2n) is 7.55. The van der Waals surface area contributed by atoms with Crippen LogP contribution in [0.1, 0.15) is 33.9 Å². The number of amides is 1. The number of thiophene rings is 1. The third-order valence-electron chi connectivity index (χ3n) is 5.63. The van der Waals surface area contributed by atoms with E-state index in [2.05, 4.69) is 53.0 Å². The van der Waals surface area contributed by atoms with Gasteiger partial charge in [-0.25, -0.2) is 0 Å². The topological polar surface area (TPSA) is 61.9 Å². The van der Waals surface area contributed by atoms with Crippen molar-refractivity contribution in [2.24, 2.45) is 0 Å². The fourth-order valence-electron chi connectivity index (χ4n) is 4.10. The summed E-state index contributed by atoms with van der Waals surface area (Å²) in [7, 11) is 1.70. The quantitative estimate of drug-likeness (QED) is 0.543. The number of hydrogen-bond donors (Lipinski definition) is 1. The Morgan fingerprint density at radius 2 is 1.84 bits per heavy atom. The van der Waals surface area contributed by atoms with Gasteiger partial charge in [0, 0.05) is 55.8 Å². The van der Waals surface area contributed by atoms with E-state index in [1.165, 1.54) is 16.9 Å². The minimum Gasteiger partial charge on any atom is -0.496 e. The Kier molecular flexibility index (Phi) is 8.57. The zero-order chi connectivity index (χ0) is 21.3. The molecule has 31 heavy (non-hydrogen) atoms. The lowest BCUT2D eigenvalue weighted by Crippen LogP contribution is -2.49. The summed E-state index contributed by atoms with van der Waals surface area (Å²) in [6, 6.07) is 7.84. The van der Waals surface area contributed by atoms with Crippen molar-refractivity contribution in [2.75, 3.05) is 39.8 Å². The molecule has 1 unspecified atom stereocenters. The van der Waals surface area contributed by atoms with E-state index in [-0.39, 0.29) is 30.1 Å². The van der Waals surface area contributed by atoms with E-state index < -0.39 is 0 Å². The molecule has 2 aliphatic rings. The Bertz CT molecular complexity index is 963. The SMILES string of the molecule is COc1ccccc1CN1CCN(CC(=O)NC2CC(=O)c3c(Br)sc(Br)c32)CC1.Cl. The summed E-state index contributed by atoms with van der Waals surface area (Å²) in [6.07, 6.45) is 0.327. The molecular formula is C21H24Br2ClN3O3S. The number of para-hydroxylation sites is 1. The molecule has 2 aromatic rings.